The molecule has 0 aliphatic rings. The Bertz CT molecular complexity index is 689. The Morgan fingerprint density at radius 1 is 1.17 bits per heavy atom. The summed E-state index contributed by atoms with van der Waals surface area (Å²) in [5.74, 6) is -0.508. The second-order valence-electron chi connectivity index (χ2n) is 4.50. The number of carbonyl (C=O) groups excluding carboxylic acids is 1. The smallest absolute Gasteiger partial charge is 0.189 e. The lowest BCUT2D eigenvalue weighted by Gasteiger charge is -2.15. The summed E-state index contributed by atoms with van der Waals surface area (Å²) in [5.41, 5.74) is 7.22. The number of carbonyl (C=O) groups is 1. The van der Waals surface area contributed by atoms with Gasteiger partial charge in [0, 0.05) is 0 Å². The van der Waals surface area contributed by atoms with E-state index in [2.05, 4.69) is 16.2 Å². The summed E-state index contributed by atoms with van der Waals surface area (Å²) in [6.45, 7) is 2.47. The molecular weight excluding hydrogens is 314 g/mol. The lowest BCUT2D eigenvalue weighted by Crippen LogP contribution is -2.33. The standard InChI is InChI=1S/C16H17N3O3S/c1-2-22-14-6-4-3-5-13(14)17-16(23)19-18-12-9-7-11(8-10-12)15(20)21/h3-10,18H,2H2,1H3,(H,20,21)(H2,17,19,23)/p-1. The molecule has 0 bridgehead atoms. The minimum Gasteiger partial charge on any atom is -0.545 e. The summed E-state index contributed by atoms with van der Waals surface area (Å²) in [6, 6.07) is 13.6. The van der Waals surface area contributed by atoms with Gasteiger partial charge >= 0.3 is 0 Å². The summed E-state index contributed by atoms with van der Waals surface area (Å²) in [5, 5.41) is 14.0. The van der Waals surface area contributed by atoms with E-state index in [-0.39, 0.29) is 5.56 Å². The zero-order chi connectivity index (χ0) is 16.7. The largest absolute Gasteiger partial charge is 0.545 e. The number of benzene rings is 2. The van der Waals surface area contributed by atoms with E-state index >= 15 is 0 Å². The number of nitrogens with one attached hydrogen (secondary N) is 3. The molecule has 120 valence electrons. The zero-order valence-corrected chi connectivity index (χ0v) is 13.3. The Hall–Kier alpha value is -2.80. The molecule has 3 N–H and O–H groups in total. The first-order valence-corrected chi connectivity index (χ1v) is 7.37. The van der Waals surface area contributed by atoms with Gasteiger partial charge in [-0.05, 0) is 49.0 Å². The van der Waals surface area contributed by atoms with Crippen molar-refractivity contribution in [2.75, 3.05) is 17.3 Å². The molecule has 0 saturated carbocycles. The summed E-state index contributed by atoms with van der Waals surface area (Å²) in [6.07, 6.45) is 0. The molecule has 2 rings (SSSR count). The maximum atomic E-state index is 10.7. The van der Waals surface area contributed by atoms with E-state index in [0.29, 0.717) is 23.2 Å². The number of hydrazine groups is 1. The van der Waals surface area contributed by atoms with E-state index in [9.17, 15) is 9.90 Å². The minimum absolute atomic E-state index is 0.113. The topological polar surface area (TPSA) is 85.5 Å². The van der Waals surface area contributed by atoms with Gasteiger partial charge in [0.1, 0.15) is 5.75 Å². The van der Waals surface area contributed by atoms with Gasteiger partial charge in [-0.2, -0.15) is 0 Å². The number of ether oxygens (including phenoxy) is 1. The van der Waals surface area contributed by atoms with E-state index in [0.717, 1.165) is 5.69 Å². The van der Waals surface area contributed by atoms with Crippen LogP contribution in [0, 0.1) is 0 Å². The molecular formula is C16H16N3O3S-. The second-order valence-corrected chi connectivity index (χ2v) is 4.91. The van der Waals surface area contributed by atoms with Crippen molar-refractivity contribution in [2.24, 2.45) is 0 Å². The second kappa shape index (κ2) is 8.00. The highest BCUT2D eigenvalue weighted by molar-refractivity contribution is 7.80. The maximum absolute atomic E-state index is 10.7. The molecule has 6 nitrogen and oxygen atoms in total. The number of para-hydroxylation sites is 2. The molecule has 0 radical (unpaired) electrons. The molecule has 0 atom stereocenters. The van der Waals surface area contributed by atoms with Crippen LogP contribution in [0.4, 0.5) is 11.4 Å². The van der Waals surface area contributed by atoms with Crippen molar-refractivity contribution < 1.29 is 14.6 Å². The normalized spacial score (nSPS) is 9.78. The van der Waals surface area contributed by atoms with E-state index < -0.39 is 5.97 Å². The van der Waals surface area contributed by atoms with Gasteiger partial charge in [-0.1, -0.05) is 24.3 Å². The molecule has 0 spiro atoms. The average Bonchev–Trinajstić information content (AvgIpc) is 2.55. The van der Waals surface area contributed by atoms with Crippen LogP contribution in [0.15, 0.2) is 48.5 Å². The lowest BCUT2D eigenvalue weighted by atomic mass is 10.2. The molecule has 2 aromatic rings. The first-order valence-electron chi connectivity index (χ1n) is 6.96. The number of carboxylic acid groups (broad SMARTS) is 1. The molecule has 0 heterocycles. The molecule has 2 aromatic carbocycles. The predicted molar refractivity (Wildman–Crippen MR) is 91.4 cm³/mol. The van der Waals surface area contributed by atoms with E-state index in [1.54, 1.807) is 12.1 Å². The van der Waals surface area contributed by atoms with Crippen molar-refractivity contribution in [3.8, 4) is 5.75 Å². The quantitative estimate of drug-likeness (QED) is 0.550. The summed E-state index contributed by atoms with van der Waals surface area (Å²) in [7, 11) is 0. The summed E-state index contributed by atoms with van der Waals surface area (Å²) >= 11 is 5.20. The van der Waals surface area contributed by atoms with E-state index in [1.165, 1.54) is 12.1 Å². The Morgan fingerprint density at radius 2 is 1.87 bits per heavy atom. The van der Waals surface area contributed by atoms with Crippen LogP contribution >= 0.6 is 12.2 Å². The summed E-state index contributed by atoms with van der Waals surface area (Å²) in [4.78, 5) is 10.7. The van der Waals surface area contributed by atoms with E-state index in [1.807, 2.05) is 31.2 Å². The highest BCUT2D eigenvalue weighted by Crippen LogP contribution is 2.23. The molecule has 0 aliphatic carbocycles. The van der Waals surface area contributed by atoms with Gasteiger partial charge in [0.05, 0.1) is 24.0 Å². The van der Waals surface area contributed by atoms with Gasteiger partial charge in [0.2, 0.25) is 0 Å². The molecule has 0 aliphatic heterocycles. The van der Waals surface area contributed by atoms with Crippen molar-refractivity contribution in [3.63, 3.8) is 0 Å². The summed E-state index contributed by atoms with van der Waals surface area (Å²) < 4.78 is 5.50. The molecule has 0 fully saturated rings. The SMILES string of the molecule is CCOc1ccccc1NC(=S)NNc1ccc(C(=O)[O-])cc1. The van der Waals surface area contributed by atoms with Crippen LogP contribution in [0.2, 0.25) is 0 Å². The first-order chi connectivity index (χ1) is 11.1. The van der Waals surface area contributed by atoms with Gasteiger partial charge in [-0.3, -0.25) is 10.9 Å². The van der Waals surface area contributed by atoms with Crippen LogP contribution in [0.1, 0.15) is 17.3 Å². The number of carboxylic acids is 1. The van der Waals surface area contributed by atoms with Gasteiger partial charge < -0.3 is 20.0 Å². The molecule has 0 saturated heterocycles. The first kappa shape index (κ1) is 16.6. The van der Waals surface area contributed by atoms with Crippen molar-refractivity contribution in [3.05, 3.63) is 54.1 Å². The van der Waals surface area contributed by atoms with Crippen LogP contribution < -0.4 is 26.0 Å². The maximum Gasteiger partial charge on any atom is 0.189 e. The van der Waals surface area contributed by atoms with Crippen molar-refractivity contribution in [1.82, 2.24) is 5.43 Å². The third kappa shape index (κ3) is 4.86. The third-order valence-corrected chi connectivity index (χ3v) is 3.08. The molecule has 7 heteroatoms. The number of aromatic carboxylic acids is 1. The number of hydrogen-bond acceptors (Lipinski definition) is 5. The van der Waals surface area contributed by atoms with Crippen LogP contribution in [-0.4, -0.2) is 17.7 Å². The Morgan fingerprint density at radius 3 is 2.52 bits per heavy atom. The van der Waals surface area contributed by atoms with Crippen LogP contribution in [0.25, 0.3) is 0 Å². The highest BCUT2D eigenvalue weighted by Gasteiger charge is 2.04. The Balaban J connectivity index is 1.91. The van der Waals surface area contributed by atoms with Gasteiger partial charge in [-0.25, -0.2) is 0 Å². The Labute approximate surface area is 139 Å². The lowest BCUT2D eigenvalue weighted by molar-refractivity contribution is -0.255. The Kier molecular flexibility index (Phi) is 5.76. The van der Waals surface area contributed by atoms with Gasteiger partial charge in [0.15, 0.2) is 5.11 Å². The van der Waals surface area contributed by atoms with Crippen LogP contribution in [0.5, 0.6) is 5.75 Å². The monoisotopic (exact) mass is 330 g/mol. The number of hydrogen-bond donors (Lipinski definition) is 3. The zero-order valence-electron chi connectivity index (χ0n) is 12.5. The fraction of sp³-hybridized carbons (Fsp3) is 0.125. The van der Waals surface area contributed by atoms with Crippen LogP contribution in [-0.2, 0) is 0 Å². The highest BCUT2D eigenvalue weighted by atomic mass is 32.1. The molecule has 0 unspecified atom stereocenters. The predicted octanol–water partition coefficient (Wildman–Crippen LogP) is 1.76. The molecule has 0 amide bonds. The van der Waals surface area contributed by atoms with Crippen LogP contribution in [0.3, 0.4) is 0 Å². The number of anilines is 2. The molecule has 0 aromatic heterocycles. The van der Waals surface area contributed by atoms with Crippen molar-refractivity contribution in [2.45, 2.75) is 6.92 Å². The molecule has 23 heavy (non-hydrogen) atoms. The van der Waals surface area contributed by atoms with Gasteiger partial charge in [-0.15, -0.1) is 0 Å². The fourth-order valence-corrected chi connectivity index (χ4v) is 1.98. The van der Waals surface area contributed by atoms with Gasteiger partial charge in [0.25, 0.3) is 0 Å². The third-order valence-electron chi connectivity index (χ3n) is 2.88. The van der Waals surface area contributed by atoms with Crippen molar-refractivity contribution >= 4 is 34.7 Å². The fourth-order valence-electron chi connectivity index (χ4n) is 1.82. The number of rotatable bonds is 6. The average molecular weight is 330 g/mol. The van der Waals surface area contributed by atoms with Crippen molar-refractivity contribution in [1.29, 1.82) is 0 Å². The van der Waals surface area contributed by atoms with E-state index in [4.69, 9.17) is 17.0 Å². The minimum atomic E-state index is -1.21. The number of thiocarbonyl (C=S) groups is 1.